The van der Waals surface area contributed by atoms with E-state index in [1.165, 1.54) is 6.21 Å². The molecule has 0 saturated carbocycles. The van der Waals surface area contributed by atoms with Crippen LogP contribution in [0, 0.1) is 0 Å². The van der Waals surface area contributed by atoms with Crippen molar-refractivity contribution >= 4 is 56.9 Å². The zero-order valence-corrected chi connectivity index (χ0v) is 18.7. The molecule has 0 atom stereocenters. The molecule has 0 radical (unpaired) electrons. The van der Waals surface area contributed by atoms with Crippen molar-refractivity contribution < 1.29 is 14.4 Å². The summed E-state index contributed by atoms with van der Waals surface area (Å²) in [5.74, 6) is 0.381. The van der Waals surface area contributed by atoms with E-state index in [2.05, 4.69) is 26.4 Å². The second-order valence-corrected chi connectivity index (χ2v) is 7.90. The molecule has 154 valence electrons. The molecule has 0 heterocycles. The maximum absolute atomic E-state index is 11.8. The summed E-state index contributed by atoms with van der Waals surface area (Å²) in [5.41, 5.74) is 2.44. The lowest BCUT2D eigenvalue weighted by Crippen LogP contribution is -2.16. The zero-order valence-electron chi connectivity index (χ0n) is 15.6. The number of benzene rings is 3. The molecule has 0 aliphatic heterocycles. The van der Waals surface area contributed by atoms with Gasteiger partial charge in [0.05, 0.1) is 10.7 Å². The number of hydrogen-bond acceptors (Lipinski definition) is 4. The van der Waals surface area contributed by atoms with E-state index in [1.54, 1.807) is 24.3 Å². The summed E-state index contributed by atoms with van der Waals surface area (Å²) in [6.07, 6.45) is 1.52. The molecule has 0 bridgehead atoms. The smallest absolute Gasteiger partial charge is 0.265 e. The largest absolute Gasteiger partial charge is 0.488 e. The topological polar surface area (TPSA) is 59.9 Å². The second-order valence-electron chi connectivity index (χ2n) is 6.17. The van der Waals surface area contributed by atoms with Gasteiger partial charge >= 0.3 is 0 Å². The van der Waals surface area contributed by atoms with Gasteiger partial charge in [-0.2, -0.15) is 0 Å². The first-order valence-corrected chi connectivity index (χ1v) is 10.4. The van der Waals surface area contributed by atoms with Crippen molar-refractivity contribution in [3.8, 4) is 5.75 Å². The summed E-state index contributed by atoms with van der Waals surface area (Å²) in [7, 11) is 0. The normalized spacial score (nSPS) is 10.8. The fourth-order valence-electron chi connectivity index (χ4n) is 2.38. The predicted octanol–water partition coefficient (Wildman–Crippen LogP) is 6.32. The molecule has 1 N–H and O–H groups in total. The number of anilines is 1. The summed E-state index contributed by atoms with van der Waals surface area (Å²) in [6.45, 7) is 0.220. The van der Waals surface area contributed by atoms with E-state index in [1.807, 2.05) is 42.5 Å². The van der Waals surface area contributed by atoms with Crippen molar-refractivity contribution in [3.05, 3.63) is 92.4 Å². The molecule has 0 fully saturated rings. The van der Waals surface area contributed by atoms with Crippen LogP contribution in [0.25, 0.3) is 0 Å². The SMILES string of the molecule is O=C(CO/N=C/c1ccc(OCc2ccc(Cl)cc2)c(Br)c1)Nc1ccc(Cl)cc1. The van der Waals surface area contributed by atoms with Crippen molar-refractivity contribution in [3.63, 3.8) is 0 Å². The van der Waals surface area contributed by atoms with Crippen molar-refractivity contribution in [2.24, 2.45) is 5.16 Å². The number of ether oxygens (including phenoxy) is 1. The maximum Gasteiger partial charge on any atom is 0.265 e. The van der Waals surface area contributed by atoms with Gasteiger partial charge in [0.1, 0.15) is 12.4 Å². The number of nitrogens with zero attached hydrogens (tertiary/aromatic N) is 1. The Bertz CT molecular complexity index is 1030. The van der Waals surface area contributed by atoms with Crippen LogP contribution >= 0.6 is 39.1 Å². The van der Waals surface area contributed by atoms with Crippen LogP contribution in [0.3, 0.4) is 0 Å². The quantitative estimate of drug-likeness (QED) is 0.286. The van der Waals surface area contributed by atoms with E-state index in [4.69, 9.17) is 32.8 Å². The number of hydrogen-bond donors (Lipinski definition) is 1. The van der Waals surface area contributed by atoms with Gasteiger partial charge in [-0.15, -0.1) is 0 Å². The lowest BCUT2D eigenvalue weighted by molar-refractivity contribution is -0.120. The number of carbonyl (C=O) groups excluding carboxylic acids is 1. The third kappa shape index (κ3) is 7.06. The van der Waals surface area contributed by atoms with Gasteiger partial charge in [0, 0.05) is 15.7 Å². The molecule has 0 aromatic heterocycles. The van der Waals surface area contributed by atoms with Gasteiger partial charge in [-0.3, -0.25) is 4.79 Å². The van der Waals surface area contributed by atoms with Gasteiger partial charge in [-0.1, -0.05) is 40.5 Å². The Kier molecular flexibility index (Phi) is 8.13. The molecule has 5 nitrogen and oxygen atoms in total. The molecule has 3 aromatic rings. The van der Waals surface area contributed by atoms with Gasteiger partial charge in [0.15, 0.2) is 6.61 Å². The van der Waals surface area contributed by atoms with Gasteiger partial charge < -0.3 is 14.9 Å². The van der Waals surface area contributed by atoms with Crippen LogP contribution in [-0.2, 0) is 16.2 Å². The highest BCUT2D eigenvalue weighted by Crippen LogP contribution is 2.26. The molecular weight excluding hydrogens is 491 g/mol. The van der Waals surface area contributed by atoms with Crippen LogP contribution < -0.4 is 10.1 Å². The average Bonchev–Trinajstić information content (AvgIpc) is 2.73. The van der Waals surface area contributed by atoms with E-state index in [0.29, 0.717) is 28.1 Å². The average molecular weight is 508 g/mol. The van der Waals surface area contributed by atoms with E-state index >= 15 is 0 Å². The first kappa shape index (κ1) is 22.2. The van der Waals surface area contributed by atoms with Crippen molar-refractivity contribution in [1.82, 2.24) is 0 Å². The first-order chi connectivity index (χ1) is 14.5. The first-order valence-electron chi connectivity index (χ1n) is 8.87. The molecule has 3 aromatic carbocycles. The second kappa shape index (κ2) is 11.0. The van der Waals surface area contributed by atoms with E-state index < -0.39 is 0 Å². The summed E-state index contributed by atoms with van der Waals surface area (Å²) in [4.78, 5) is 16.9. The Morgan fingerprint density at radius 3 is 2.33 bits per heavy atom. The number of nitrogens with one attached hydrogen (secondary N) is 1. The Balaban J connectivity index is 1.46. The minimum absolute atomic E-state index is 0.206. The molecule has 30 heavy (non-hydrogen) atoms. The van der Waals surface area contributed by atoms with Crippen molar-refractivity contribution in [1.29, 1.82) is 0 Å². The van der Waals surface area contributed by atoms with E-state index in [9.17, 15) is 4.79 Å². The third-order valence-corrected chi connectivity index (χ3v) is 4.99. The van der Waals surface area contributed by atoms with E-state index in [0.717, 1.165) is 15.6 Å². The minimum atomic E-state index is -0.318. The summed E-state index contributed by atoms with van der Waals surface area (Å²) in [5, 5.41) is 7.80. The fraction of sp³-hybridized carbons (Fsp3) is 0.0909. The molecule has 0 saturated heterocycles. The lowest BCUT2D eigenvalue weighted by Gasteiger charge is -2.09. The van der Waals surface area contributed by atoms with Crippen LogP contribution in [0.5, 0.6) is 5.75 Å². The Morgan fingerprint density at radius 1 is 1.00 bits per heavy atom. The summed E-state index contributed by atoms with van der Waals surface area (Å²) in [6, 6.07) is 19.8. The number of halogens is 3. The maximum atomic E-state index is 11.8. The molecule has 0 spiro atoms. The van der Waals surface area contributed by atoms with Gasteiger partial charge in [-0.25, -0.2) is 0 Å². The van der Waals surface area contributed by atoms with Gasteiger partial charge in [-0.05, 0) is 81.7 Å². The van der Waals surface area contributed by atoms with Crippen LogP contribution in [0.1, 0.15) is 11.1 Å². The minimum Gasteiger partial charge on any atom is -0.488 e. The summed E-state index contributed by atoms with van der Waals surface area (Å²) >= 11 is 15.2. The molecule has 0 aliphatic carbocycles. The molecule has 8 heteroatoms. The van der Waals surface area contributed by atoms with E-state index in [-0.39, 0.29) is 12.5 Å². The highest BCUT2D eigenvalue weighted by atomic mass is 79.9. The van der Waals surface area contributed by atoms with Crippen LogP contribution in [0.15, 0.2) is 76.4 Å². The fourth-order valence-corrected chi connectivity index (χ4v) is 3.14. The Labute approximate surface area is 192 Å². The number of rotatable bonds is 8. The lowest BCUT2D eigenvalue weighted by atomic mass is 10.2. The van der Waals surface area contributed by atoms with Gasteiger partial charge in [0.2, 0.25) is 0 Å². The molecular formula is C22H17BrCl2N2O3. The third-order valence-electron chi connectivity index (χ3n) is 3.86. The molecule has 0 aliphatic rings. The standard InChI is InChI=1S/C22H17BrCl2N2O3/c23-20-11-16(3-10-21(20)29-13-15-1-4-17(24)5-2-15)12-26-30-14-22(28)27-19-8-6-18(25)7-9-19/h1-12H,13-14H2,(H,27,28)/b26-12+. The highest BCUT2D eigenvalue weighted by molar-refractivity contribution is 9.10. The van der Waals surface area contributed by atoms with Crippen LogP contribution in [0.4, 0.5) is 5.69 Å². The summed E-state index contributed by atoms with van der Waals surface area (Å²) < 4.78 is 6.59. The van der Waals surface area contributed by atoms with Crippen LogP contribution in [-0.4, -0.2) is 18.7 Å². The van der Waals surface area contributed by atoms with Crippen molar-refractivity contribution in [2.75, 3.05) is 11.9 Å². The predicted molar refractivity (Wildman–Crippen MR) is 124 cm³/mol. The number of oxime groups is 1. The molecule has 0 unspecified atom stereocenters. The highest BCUT2D eigenvalue weighted by Gasteiger charge is 2.04. The van der Waals surface area contributed by atoms with Crippen LogP contribution in [0.2, 0.25) is 10.0 Å². The zero-order chi connectivity index (χ0) is 21.3. The Morgan fingerprint density at radius 2 is 1.67 bits per heavy atom. The van der Waals surface area contributed by atoms with Gasteiger partial charge in [0.25, 0.3) is 5.91 Å². The molecule has 3 rings (SSSR count). The number of amides is 1. The monoisotopic (exact) mass is 506 g/mol. The number of carbonyl (C=O) groups is 1. The molecule has 1 amide bonds. The Hall–Kier alpha value is -2.54. The van der Waals surface area contributed by atoms with Crippen molar-refractivity contribution in [2.45, 2.75) is 6.61 Å².